The van der Waals surface area contributed by atoms with Gasteiger partial charge in [-0.05, 0) is 40.7 Å². The Labute approximate surface area is 310 Å². The molecule has 2 aromatic rings. The second-order valence-corrected chi connectivity index (χ2v) is 14.2. The van der Waals surface area contributed by atoms with Gasteiger partial charge in [-0.2, -0.15) is 0 Å². The number of carbonyl (C=O) groups excluding carboxylic acids is 3. The zero-order valence-electron chi connectivity index (χ0n) is 31.6. The van der Waals surface area contributed by atoms with E-state index in [0.717, 1.165) is 47.6 Å². The van der Waals surface area contributed by atoms with Gasteiger partial charge in [-0.25, -0.2) is 14.4 Å². The molecule has 286 valence electrons. The van der Waals surface area contributed by atoms with Crippen LogP contribution in [0.1, 0.15) is 141 Å². The van der Waals surface area contributed by atoms with Crippen LogP contribution in [0.2, 0.25) is 0 Å². The van der Waals surface area contributed by atoms with Crippen LogP contribution in [-0.4, -0.2) is 54.5 Å². The van der Waals surface area contributed by atoms with Crippen LogP contribution in [-0.2, 0) is 28.6 Å². The summed E-state index contributed by atoms with van der Waals surface area (Å²) in [5, 5.41) is 11.7. The Hall–Kier alpha value is -4.14. The fourth-order valence-electron chi connectivity index (χ4n) is 6.71. The fourth-order valence-corrected chi connectivity index (χ4v) is 6.71. The quantitative estimate of drug-likeness (QED) is 0.0426. The number of nitrogens with one attached hydrogen (secondary N) is 1. The largest absolute Gasteiger partial charge is 0.478 e. The van der Waals surface area contributed by atoms with Crippen LogP contribution < -0.4 is 5.32 Å². The van der Waals surface area contributed by atoms with Gasteiger partial charge in [0.15, 0.2) is 6.10 Å². The van der Waals surface area contributed by atoms with E-state index in [0.29, 0.717) is 6.42 Å². The molecule has 9 heteroatoms. The molecule has 0 fully saturated rings. The van der Waals surface area contributed by atoms with Crippen molar-refractivity contribution in [1.82, 2.24) is 5.32 Å². The van der Waals surface area contributed by atoms with Crippen molar-refractivity contribution in [1.29, 1.82) is 0 Å². The molecule has 0 saturated heterocycles. The highest BCUT2D eigenvalue weighted by atomic mass is 16.6. The average Bonchev–Trinajstić information content (AvgIpc) is 3.45. The predicted octanol–water partition coefficient (Wildman–Crippen LogP) is 9.91. The van der Waals surface area contributed by atoms with E-state index in [1.54, 1.807) is 13.8 Å². The van der Waals surface area contributed by atoms with Crippen molar-refractivity contribution < 1.29 is 38.5 Å². The predicted molar refractivity (Wildman–Crippen MR) is 204 cm³/mol. The standard InChI is InChI=1S/C43H61NO8/c1-4-5-6-7-8-9-10-11-12-13-14-15-16-17-18-27-40(47)52-33(28-29-39(45)46)30-50-42(48)41(32(2)3)44-43(49)51-31-38-36-25-21-19-23-34(36)35-24-20-22-26-37(35)38/h19-26,28-29,32-33,38,41H,4-18,27,30-31H2,1-3H3,(H,44,49)(H,45,46)/t33?,41-/m0/s1. The maximum Gasteiger partial charge on any atom is 0.407 e. The number of rotatable bonds is 26. The number of carboxylic acid groups (broad SMARTS) is 1. The van der Waals surface area contributed by atoms with Gasteiger partial charge in [-0.3, -0.25) is 4.79 Å². The molecule has 0 spiro atoms. The van der Waals surface area contributed by atoms with Gasteiger partial charge in [-0.15, -0.1) is 0 Å². The van der Waals surface area contributed by atoms with Gasteiger partial charge in [0.1, 0.15) is 19.3 Å². The summed E-state index contributed by atoms with van der Waals surface area (Å²) in [6.45, 7) is 5.48. The van der Waals surface area contributed by atoms with E-state index >= 15 is 0 Å². The number of carbonyl (C=O) groups is 4. The summed E-state index contributed by atoms with van der Waals surface area (Å²) in [5.41, 5.74) is 4.37. The molecule has 3 rings (SSSR count). The van der Waals surface area contributed by atoms with Crippen molar-refractivity contribution in [3.8, 4) is 11.1 Å². The minimum Gasteiger partial charge on any atom is -0.478 e. The van der Waals surface area contributed by atoms with Gasteiger partial charge in [-0.1, -0.05) is 159 Å². The van der Waals surface area contributed by atoms with Crippen molar-refractivity contribution in [3.63, 3.8) is 0 Å². The molecule has 1 amide bonds. The lowest BCUT2D eigenvalue weighted by molar-refractivity contribution is -0.158. The molecule has 0 heterocycles. The molecule has 0 saturated carbocycles. The third-order valence-corrected chi connectivity index (χ3v) is 9.65. The third-order valence-electron chi connectivity index (χ3n) is 9.65. The molecule has 52 heavy (non-hydrogen) atoms. The van der Waals surface area contributed by atoms with Gasteiger partial charge in [0.05, 0.1) is 0 Å². The van der Waals surface area contributed by atoms with Crippen LogP contribution in [0.3, 0.4) is 0 Å². The first-order chi connectivity index (χ1) is 25.2. The number of fused-ring (bicyclic) bond motifs is 3. The molecule has 2 aromatic carbocycles. The molecule has 1 aliphatic carbocycles. The van der Waals surface area contributed by atoms with Crippen LogP contribution in [0.5, 0.6) is 0 Å². The van der Waals surface area contributed by atoms with Crippen LogP contribution in [0.15, 0.2) is 60.7 Å². The molecule has 2 atom stereocenters. The molecular formula is C43H61NO8. The first kappa shape index (κ1) is 42.3. The number of carboxylic acids is 1. The van der Waals surface area contributed by atoms with Crippen molar-refractivity contribution in [2.45, 2.75) is 142 Å². The Kier molecular flexibility index (Phi) is 19.6. The second-order valence-electron chi connectivity index (χ2n) is 14.2. The van der Waals surface area contributed by atoms with Crippen molar-refractivity contribution >= 4 is 24.0 Å². The highest BCUT2D eigenvalue weighted by Gasteiger charge is 2.31. The number of amides is 1. The van der Waals surface area contributed by atoms with Crippen LogP contribution in [0.25, 0.3) is 11.1 Å². The first-order valence-corrected chi connectivity index (χ1v) is 19.6. The minimum absolute atomic E-state index is 0.0943. The number of hydrogen-bond donors (Lipinski definition) is 2. The average molecular weight is 720 g/mol. The van der Waals surface area contributed by atoms with Crippen molar-refractivity contribution in [3.05, 3.63) is 71.8 Å². The lowest BCUT2D eigenvalue weighted by atomic mass is 9.98. The zero-order valence-corrected chi connectivity index (χ0v) is 31.6. The number of aliphatic carboxylic acids is 1. The summed E-state index contributed by atoms with van der Waals surface area (Å²) in [4.78, 5) is 49.7. The minimum atomic E-state index is -1.22. The van der Waals surface area contributed by atoms with Crippen LogP contribution >= 0.6 is 0 Å². The molecule has 0 aromatic heterocycles. The number of alkyl carbamates (subject to hydrolysis) is 1. The van der Waals surface area contributed by atoms with Gasteiger partial charge < -0.3 is 24.6 Å². The number of benzene rings is 2. The van der Waals surface area contributed by atoms with E-state index in [9.17, 15) is 19.2 Å². The Morgan fingerprint density at radius 3 is 1.73 bits per heavy atom. The summed E-state index contributed by atoms with van der Waals surface area (Å²) in [6.07, 6.45) is 18.7. The van der Waals surface area contributed by atoms with E-state index in [-0.39, 0.29) is 31.5 Å². The van der Waals surface area contributed by atoms with Gasteiger partial charge >= 0.3 is 24.0 Å². The second kappa shape index (κ2) is 24.2. The highest BCUT2D eigenvalue weighted by Crippen LogP contribution is 2.44. The first-order valence-electron chi connectivity index (χ1n) is 19.6. The van der Waals surface area contributed by atoms with E-state index < -0.39 is 36.1 Å². The normalized spacial score (nSPS) is 13.4. The van der Waals surface area contributed by atoms with Crippen molar-refractivity contribution in [2.24, 2.45) is 5.92 Å². The Morgan fingerprint density at radius 1 is 0.731 bits per heavy atom. The smallest absolute Gasteiger partial charge is 0.407 e. The summed E-state index contributed by atoms with van der Waals surface area (Å²) in [5.74, 6) is -2.91. The van der Waals surface area contributed by atoms with Gasteiger partial charge in [0.25, 0.3) is 0 Å². The Balaban J connectivity index is 1.36. The Bertz CT molecular complexity index is 1370. The molecule has 1 unspecified atom stereocenters. The number of hydrogen-bond acceptors (Lipinski definition) is 7. The maximum absolute atomic E-state index is 13.1. The molecule has 0 radical (unpaired) electrons. The van der Waals surface area contributed by atoms with E-state index in [2.05, 4.69) is 24.4 Å². The molecule has 1 aliphatic rings. The van der Waals surface area contributed by atoms with Gasteiger partial charge in [0, 0.05) is 18.4 Å². The molecule has 9 nitrogen and oxygen atoms in total. The number of esters is 2. The van der Waals surface area contributed by atoms with E-state index in [1.165, 1.54) is 76.7 Å². The maximum atomic E-state index is 13.1. The molecule has 2 N–H and O–H groups in total. The fraction of sp³-hybridized carbons (Fsp3) is 0.581. The summed E-state index contributed by atoms with van der Waals surface area (Å²) in [6, 6.07) is 15.0. The molecule has 0 aliphatic heterocycles. The molecular weight excluding hydrogens is 658 g/mol. The van der Waals surface area contributed by atoms with Crippen LogP contribution in [0, 0.1) is 5.92 Å². The Morgan fingerprint density at radius 2 is 1.23 bits per heavy atom. The third kappa shape index (κ3) is 15.2. The SMILES string of the molecule is CCCCCCCCCCCCCCCCCC(=O)OC(C=CC(=O)O)COC(=O)[C@@H](NC(=O)OCC1c2ccccc2-c2ccccc21)C(C)C. The number of ether oxygens (including phenoxy) is 3. The van der Waals surface area contributed by atoms with E-state index in [4.69, 9.17) is 19.3 Å². The molecule has 0 bridgehead atoms. The zero-order chi connectivity index (χ0) is 37.6. The topological polar surface area (TPSA) is 128 Å². The summed E-state index contributed by atoms with van der Waals surface area (Å²) >= 11 is 0. The van der Waals surface area contributed by atoms with Crippen LogP contribution in [0.4, 0.5) is 4.79 Å². The lowest BCUT2D eigenvalue weighted by Crippen LogP contribution is -2.46. The van der Waals surface area contributed by atoms with Gasteiger partial charge in [0.2, 0.25) is 0 Å². The summed E-state index contributed by atoms with van der Waals surface area (Å²) in [7, 11) is 0. The lowest BCUT2D eigenvalue weighted by Gasteiger charge is -2.22. The number of unbranched alkanes of at least 4 members (excludes halogenated alkanes) is 14. The highest BCUT2D eigenvalue weighted by molar-refractivity contribution is 5.82. The summed E-state index contributed by atoms with van der Waals surface area (Å²) < 4.78 is 16.5. The van der Waals surface area contributed by atoms with Crippen molar-refractivity contribution in [2.75, 3.05) is 13.2 Å². The van der Waals surface area contributed by atoms with E-state index in [1.807, 2.05) is 36.4 Å². The monoisotopic (exact) mass is 719 g/mol.